The maximum absolute atomic E-state index is 12.0. The Labute approximate surface area is 136 Å². The Morgan fingerprint density at radius 1 is 1.50 bits per heavy atom. The summed E-state index contributed by atoms with van der Waals surface area (Å²) in [6.07, 6.45) is 0. The van der Waals surface area contributed by atoms with Gasteiger partial charge in [0.25, 0.3) is 5.91 Å². The third-order valence-electron chi connectivity index (χ3n) is 2.97. The number of hydrogen-bond donors (Lipinski definition) is 2. The predicted octanol–water partition coefficient (Wildman–Crippen LogP) is 1.34. The van der Waals surface area contributed by atoms with Gasteiger partial charge in [0, 0.05) is 32.6 Å². The average molecular weight is 383 g/mol. The van der Waals surface area contributed by atoms with E-state index >= 15 is 0 Å². The largest absolute Gasteiger partial charge is 0.354 e. The number of thiophene rings is 1. The molecule has 5 nitrogen and oxygen atoms in total. The van der Waals surface area contributed by atoms with Crippen LogP contribution >= 0.6 is 39.7 Å². The quantitative estimate of drug-likeness (QED) is 0.808. The zero-order valence-corrected chi connectivity index (χ0v) is 14.2. The van der Waals surface area contributed by atoms with Crippen LogP contribution < -0.4 is 10.6 Å². The molecule has 2 rings (SSSR count). The van der Waals surface area contributed by atoms with Crippen molar-refractivity contribution in [3.63, 3.8) is 0 Å². The van der Waals surface area contributed by atoms with Gasteiger partial charge in [-0.25, -0.2) is 0 Å². The fourth-order valence-electron chi connectivity index (χ4n) is 1.71. The molecular formula is C12H17BrClN3O2S. The monoisotopic (exact) mass is 381 g/mol. The van der Waals surface area contributed by atoms with Crippen molar-refractivity contribution in [3.8, 4) is 0 Å². The Hall–Kier alpha value is -0.630. The van der Waals surface area contributed by atoms with Gasteiger partial charge in [0.2, 0.25) is 5.91 Å². The molecule has 0 bridgehead atoms. The number of likely N-dealkylation sites (N-methyl/N-ethyl adjacent to an activating group) is 1. The molecule has 2 heterocycles. The molecule has 1 aliphatic heterocycles. The second-order valence-electron chi connectivity index (χ2n) is 4.59. The van der Waals surface area contributed by atoms with E-state index in [2.05, 4.69) is 26.6 Å². The zero-order chi connectivity index (χ0) is 13.8. The van der Waals surface area contributed by atoms with Crippen molar-refractivity contribution in [1.29, 1.82) is 0 Å². The van der Waals surface area contributed by atoms with Crippen LogP contribution in [0, 0.1) is 5.92 Å². The minimum Gasteiger partial charge on any atom is -0.354 e. The van der Waals surface area contributed by atoms with E-state index < -0.39 is 0 Å². The van der Waals surface area contributed by atoms with E-state index in [0.717, 1.165) is 16.9 Å². The summed E-state index contributed by atoms with van der Waals surface area (Å²) in [5.41, 5.74) is 0. The van der Waals surface area contributed by atoms with E-state index in [0.29, 0.717) is 17.3 Å². The van der Waals surface area contributed by atoms with Gasteiger partial charge < -0.3 is 15.5 Å². The molecule has 2 amide bonds. The molecule has 0 radical (unpaired) electrons. The van der Waals surface area contributed by atoms with Crippen molar-refractivity contribution in [2.45, 2.75) is 0 Å². The van der Waals surface area contributed by atoms with Crippen LogP contribution in [0.25, 0.3) is 0 Å². The predicted molar refractivity (Wildman–Crippen MR) is 85.6 cm³/mol. The van der Waals surface area contributed by atoms with Crippen molar-refractivity contribution in [1.82, 2.24) is 15.5 Å². The summed E-state index contributed by atoms with van der Waals surface area (Å²) in [6, 6.07) is 3.58. The highest BCUT2D eigenvalue weighted by Gasteiger charge is 2.19. The Morgan fingerprint density at radius 2 is 2.20 bits per heavy atom. The number of halogens is 2. The topological polar surface area (TPSA) is 61.4 Å². The lowest BCUT2D eigenvalue weighted by molar-refractivity contribution is -0.121. The summed E-state index contributed by atoms with van der Waals surface area (Å²) < 4.78 is 0.909. The summed E-state index contributed by atoms with van der Waals surface area (Å²) >= 11 is 4.69. The molecule has 1 saturated heterocycles. The number of nitrogens with zero attached hydrogens (tertiary/aromatic N) is 1. The molecule has 0 saturated carbocycles. The zero-order valence-electron chi connectivity index (χ0n) is 11.0. The lowest BCUT2D eigenvalue weighted by Gasteiger charge is -2.27. The highest BCUT2D eigenvalue weighted by Crippen LogP contribution is 2.22. The highest BCUT2D eigenvalue weighted by molar-refractivity contribution is 9.11. The van der Waals surface area contributed by atoms with E-state index in [-0.39, 0.29) is 30.8 Å². The van der Waals surface area contributed by atoms with Crippen molar-refractivity contribution >= 4 is 51.5 Å². The molecule has 112 valence electrons. The van der Waals surface area contributed by atoms with E-state index in [4.69, 9.17) is 0 Å². The SMILES string of the molecule is CN(CC(=O)NCC1CNC1)C(=O)c1ccc(Br)s1.Cl. The number of amides is 2. The molecule has 2 N–H and O–H groups in total. The summed E-state index contributed by atoms with van der Waals surface area (Å²) in [5, 5.41) is 6.00. The number of rotatable bonds is 5. The molecule has 0 unspecified atom stereocenters. The van der Waals surface area contributed by atoms with Gasteiger partial charge in [0.15, 0.2) is 0 Å². The van der Waals surface area contributed by atoms with Gasteiger partial charge in [0.05, 0.1) is 15.2 Å². The van der Waals surface area contributed by atoms with Gasteiger partial charge in [-0.3, -0.25) is 9.59 Å². The fourth-order valence-corrected chi connectivity index (χ4v) is 3.09. The number of carbonyl (C=O) groups is 2. The number of nitrogens with one attached hydrogen (secondary N) is 2. The first-order valence-corrected chi connectivity index (χ1v) is 7.65. The van der Waals surface area contributed by atoms with Crippen LogP contribution in [-0.2, 0) is 4.79 Å². The second kappa shape index (κ2) is 7.97. The van der Waals surface area contributed by atoms with Crippen molar-refractivity contribution in [2.75, 3.05) is 33.2 Å². The molecular weight excluding hydrogens is 366 g/mol. The highest BCUT2D eigenvalue weighted by atomic mass is 79.9. The third kappa shape index (κ3) is 4.73. The first-order chi connectivity index (χ1) is 9.06. The summed E-state index contributed by atoms with van der Waals surface area (Å²) in [6.45, 7) is 2.68. The average Bonchev–Trinajstić information content (AvgIpc) is 2.72. The van der Waals surface area contributed by atoms with Crippen LogP contribution in [0.4, 0.5) is 0 Å². The molecule has 1 aliphatic rings. The molecule has 1 fully saturated rings. The molecule has 0 spiro atoms. The molecule has 1 aromatic rings. The summed E-state index contributed by atoms with van der Waals surface area (Å²) in [5.74, 6) is 0.285. The molecule has 8 heteroatoms. The van der Waals surface area contributed by atoms with Crippen LogP contribution in [-0.4, -0.2) is 49.9 Å². The molecule has 0 aromatic carbocycles. The smallest absolute Gasteiger partial charge is 0.264 e. The van der Waals surface area contributed by atoms with Gasteiger partial charge in [-0.2, -0.15) is 0 Å². The van der Waals surface area contributed by atoms with E-state index in [1.807, 2.05) is 6.07 Å². The van der Waals surface area contributed by atoms with Gasteiger partial charge in [0.1, 0.15) is 0 Å². The van der Waals surface area contributed by atoms with E-state index in [1.54, 1.807) is 13.1 Å². The van der Waals surface area contributed by atoms with Crippen molar-refractivity contribution in [3.05, 3.63) is 20.8 Å². The third-order valence-corrected chi connectivity index (χ3v) is 4.58. The van der Waals surface area contributed by atoms with Crippen LogP contribution in [0.1, 0.15) is 9.67 Å². The molecule has 20 heavy (non-hydrogen) atoms. The minimum absolute atomic E-state index is 0. The van der Waals surface area contributed by atoms with E-state index in [9.17, 15) is 9.59 Å². The van der Waals surface area contributed by atoms with Gasteiger partial charge in [-0.1, -0.05) is 0 Å². The Kier molecular flexibility index (Phi) is 6.94. The Balaban J connectivity index is 0.00000200. The maximum Gasteiger partial charge on any atom is 0.264 e. The van der Waals surface area contributed by atoms with Crippen molar-refractivity contribution < 1.29 is 9.59 Å². The minimum atomic E-state index is -0.129. The van der Waals surface area contributed by atoms with Crippen LogP contribution in [0.15, 0.2) is 15.9 Å². The Bertz CT molecular complexity index is 479. The second-order valence-corrected chi connectivity index (χ2v) is 7.06. The molecule has 0 atom stereocenters. The molecule has 0 aliphatic carbocycles. The van der Waals surface area contributed by atoms with Crippen LogP contribution in [0.5, 0.6) is 0 Å². The van der Waals surface area contributed by atoms with E-state index in [1.165, 1.54) is 16.2 Å². The lowest BCUT2D eigenvalue weighted by Crippen LogP contribution is -2.49. The van der Waals surface area contributed by atoms with Crippen LogP contribution in [0.3, 0.4) is 0 Å². The van der Waals surface area contributed by atoms with Gasteiger partial charge in [-0.15, -0.1) is 23.7 Å². The normalized spacial score (nSPS) is 14.1. The first kappa shape index (κ1) is 17.4. The first-order valence-electron chi connectivity index (χ1n) is 6.04. The lowest BCUT2D eigenvalue weighted by atomic mass is 10.0. The maximum atomic E-state index is 12.0. The summed E-state index contributed by atoms with van der Waals surface area (Å²) in [7, 11) is 1.64. The van der Waals surface area contributed by atoms with Crippen LogP contribution in [0.2, 0.25) is 0 Å². The number of carbonyl (C=O) groups excluding carboxylic acids is 2. The van der Waals surface area contributed by atoms with Gasteiger partial charge >= 0.3 is 0 Å². The summed E-state index contributed by atoms with van der Waals surface area (Å²) in [4.78, 5) is 25.8. The fraction of sp³-hybridized carbons (Fsp3) is 0.500. The van der Waals surface area contributed by atoms with Gasteiger partial charge in [-0.05, 0) is 28.1 Å². The van der Waals surface area contributed by atoms with Crippen molar-refractivity contribution in [2.24, 2.45) is 5.92 Å². The number of hydrogen-bond acceptors (Lipinski definition) is 4. The standard InChI is InChI=1S/C12H16BrN3O2S.ClH/c1-16(12(18)9-2-3-10(13)19-9)7-11(17)15-6-8-4-14-5-8;/h2-3,8,14H,4-7H2,1H3,(H,15,17);1H. The molecule has 1 aromatic heterocycles. The Morgan fingerprint density at radius 3 is 2.70 bits per heavy atom.